The highest BCUT2D eigenvalue weighted by Crippen LogP contribution is 2.20. The molecular formula is C22H28IN5O. The van der Waals surface area contributed by atoms with Crippen LogP contribution in [0.3, 0.4) is 0 Å². The summed E-state index contributed by atoms with van der Waals surface area (Å²) in [4.78, 5) is 8.48. The molecule has 0 aliphatic carbocycles. The Morgan fingerprint density at radius 3 is 2.55 bits per heavy atom. The zero-order chi connectivity index (χ0) is 19.8. The monoisotopic (exact) mass is 505 g/mol. The van der Waals surface area contributed by atoms with Crippen molar-refractivity contribution < 1.29 is 4.74 Å². The summed E-state index contributed by atoms with van der Waals surface area (Å²) in [5, 5.41) is 6.75. The highest BCUT2D eigenvalue weighted by atomic mass is 127. The van der Waals surface area contributed by atoms with Crippen LogP contribution in [-0.2, 0) is 13.1 Å². The molecule has 1 heterocycles. The van der Waals surface area contributed by atoms with Crippen molar-refractivity contribution >= 4 is 29.9 Å². The highest BCUT2D eigenvalue weighted by Gasteiger charge is 2.07. The van der Waals surface area contributed by atoms with Gasteiger partial charge in [0.15, 0.2) is 5.96 Å². The third-order valence-electron chi connectivity index (χ3n) is 4.41. The standard InChI is InChI=1S/C22H27N5O.HI/c1-4-28-21-13-17(2)9-10-19(21)15-26-22(23-3)25-14-18-7-5-6-8-20(18)27-12-11-24-16-27;/h5-13,16H,4,14-15H2,1-3H3,(H2,23,25,26);1H. The number of hydrogen-bond donors (Lipinski definition) is 2. The number of aliphatic imine (C=N–C) groups is 1. The number of nitrogens with zero attached hydrogens (tertiary/aromatic N) is 3. The Balaban J connectivity index is 0.00000300. The van der Waals surface area contributed by atoms with E-state index in [-0.39, 0.29) is 24.0 Å². The second-order valence-electron chi connectivity index (χ2n) is 6.42. The molecule has 154 valence electrons. The average Bonchev–Trinajstić information content (AvgIpc) is 3.24. The van der Waals surface area contributed by atoms with Gasteiger partial charge in [-0.05, 0) is 37.1 Å². The van der Waals surface area contributed by atoms with Crippen LogP contribution in [0, 0.1) is 6.92 Å². The van der Waals surface area contributed by atoms with E-state index in [0.717, 1.165) is 28.5 Å². The number of nitrogens with one attached hydrogen (secondary N) is 2. The highest BCUT2D eigenvalue weighted by molar-refractivity contribution is 14.0. The van der Waals surface area contributed by atoms with Gasteiger partial charge >= 0.3 is 0 Å². The zero-order valence-corrected chi connectivity index (χ0v) is 19.4. The predicted molar refractivity (Wildman–Crippen MR) is 128 cm³/mol. The summed E-state index contributed by atoms with van der Waals surface area (Å²) in [6.07, 6.45) is 5.53. The second kappa shape index (κ2) is 11.5. The maximum Gasteiger partial charge on any atom is 0.191 e. The van der Waals surface area contributed by atoms with E-state index in [1.807, 2.05) is 29.8 Å². The van der Waals surface area contributed by atoms with Crippen molar-refractivity contribution in [2.75, 3.05) is 13.7 Å². The van der Waals surface area contributed by atoms with E-state index in [4.69, 9.17) is 4.74 Å². The molecule has 0 bridgehead atoms. The Hall–Kier alpha value is -2.55. The lowest BCUT2D eigenvalue weighted by Crippen LogP contribution is -2.36. The maximum absolute atomic E-state index is 5.76. The Morgan fingerprint density at radius 2 is 1.86 bits per heavy atom. The van der Waals surface area contributed by atoms with E-state index in [1.54, 1.807) is 19.6 Å². The molecule has 3 rings (SSSR count). The molecular weight excluding hydrogens is 477 g/mol. The van der Waals surface area contributed by atoms with Crippen LogP contribution < -0.4 is 15.4 Å². The number of hydrogen-bond acceptors (Lipinski definition) is 3. The minimum atomic E-state index is 0. The van der Waals surface area contributed by atoms with Gasteiger partial charge in [0.1, 0.15) is 5.75 Å². The predicted octanol–water partition coefficient (Wildman–Crippen LogP) is 4.06. The van der Waals surface area contributed by atoms with Crippen LogP contribution in [0.25, 0.3) is 5.69 Å². The van der Waals surface area contributed by atoms with Crippen molar-refractivity contribution in [1.29, 1.82) is 0 Å². The minimum absolute atomic E-state index is 0. The first-order chi connectivity index (χ1) is 13.7. The Kier molecular flexibility index (Phi) is 8.98. The van der Waals surface area contributed by atoms with Crippen molar-refractivity contribution in [2.45, 2.75) is 26.9 Å². The average molecular weight is 505 g/mol. The number of rotatable bonds is 7. The smallest absolute Gasteiger partial charge is 0.191 e. The van der Waals surface area contributed by atoms with Crippen LogP contribution in [0.4, 0.5) is 0 Å². The summed E-state index contributed by atoms with van der Waals surface area (Å²) < 4.78 is 7.77. The van der Waals surface area contributed by atoms with E-state index < -0.39 is 0 Å². The number of aryl methyl sites for hydroxylation is 1. The van der Waals surface area contributed by atoms with E-state index in [2.05, 4.69) is 57.9 Å². The Morgan fingerprint density at radius 1 is 1.10 bits per heavy atom. The first-order valence-electron chi connectivity index (χ1n) is 9.44. The third kappa shape index (κ3) is 6.22. The van der Waals surface area contributed by atoms with Crippen molar-refractivity contribution in [3.8, 4) is 11.4 Å². The number of halogens is 1. The number of para-hydroxylation sites is 1. The van der Waals surface area contributed by atoms with Crippen LogP contribution >= 0.6 is 24.0 Å². The summed E-state index contributed by atoms with van der Waals surface area (Å²) in [6.45, 7) is 6.00. The zero-order valence-electron chi connectivity index (χ0n) is 17.1. The molecule has 3 aromatic rings. The van der Waals surface area contributed by atoms with Crippen LogP contribution in [-0.4, -0.2) is 29.2 Å². The van der Waals surface area contributed by atoms with Gasteiger partial charge in [0.2, 0.25) is 0 Å². The molecule has 0 saturated carbocycles. The molecule has 0 radical (unpaired) electrons. The lowest BCUT2D eigenvalue weighted by Gasteiger charge is -2.16. The fourth-order valence-corrected chi connectivity index (χ4v) is 2.99. The first-order valence-corrected chi connectivity index (χ1v) is 9.44. The molecule has 0 saturated heterocycles. The maximum atomic E-state index is 5.76. The number of ether oxygens (including phenoxy) is 1. The second-order valence-corrected chi connectivity index (χ2v) is 6.42. The molecule has 7 heteroatoms. The molecule has 0 amide bonds. The van der Waals surface area contributed by atoms with Gasteiger partial charge in [-0.1, -0.05) is 30.3 Å². The molecule has 0 aliphatic heterocycles. The van der Waals surface area contributed by atoms with Crippen LogP contribution in [0.1, 0.15) is 23.6 Å². The van der Waals surface area contributed by atoms with E-state index in [1.165, 1.54) is 5.56 Å². The molecule has 6 nitrogen and oxygen atoms in total. The summed E-state index contributed by atoms with van der Waals surface area (Å²) in [5.74, 6) is 1.65. The van der Waals surface area contributed by atoms with Crippen molar-refractivity contribution in [3.63, 3.8) is 0 Å². The summed E-state index contributed by atoms with van der Waals surface area (Å²) in [5.41, 5.74) is 4.55. The normalized spacial score (nSPS) is 10.9. The molecule has 29 heavy (non-hydrogen) atoms. The van der Waals surface area contributed by atoms with Crippen molar-refractivity contribution in [2.24, 2.45) is 4.99 Å². The molecule has 2 N–H and O–H groups in total. The summed E-state index contributed by atoms with van der Waals surface area (Å²) >= 11 is 0. The fraction of sp³-hybridized carbons (Fsp3) is 0.273. The molecule has 2 aromatic carbocycles. The van der Waals surface area contributed by atoms with Gasteiger partial charge in [-0.3, -0.25) is 4.99 Å². The summed E-state index contributed by atoms with van der Waals surface area (Å²) in [7, 11) is 1.77. The molecule has 0 spiro atoms. The number of aromatic nitrogens is 2. The molecule has 1 aromatic heterocycles. The van der Waals surface area contributed by atoms with Gasteiger partial charge in [0.25, 0.3) is 0 Å². The lowest BCUT2D eigenvalue weighted by atomic mass is 10.1. The van der Waals surface area contributed by atoms with Gasteiger partial charge in [-0.15, -0.1) is 24.0 Å². The van der Waals surface area contributed by atoms with E-state index >= 15 is 0 Å². The van der Waals surface area contributed by atoms with Gasteiger partial charge in [-0.25, -0.2) is 4.98 Å². The van der Waals surface area contributed by atoms with Crippen molar-refractivity contribution in [1.82, 2.24) is 20.2 Å². The van der Waals surface area contributed by atoms with Crippen LogP contribution in [0.5, 0.6) is 5.75 Å². The largest absolute Gasteiger partial charge is 0.494 e. The number of guanidine groups is 1. The Labute approximate surface area is 189 Å². The first kappa shape index (κ1) is 22.7. The van der Waals surface area contributed by atoms with Crippen molar-refractivity contribution in [3.05, 3.63) is 77.9 Å². The minimum Gasteiger partial charge on any atom is -0.494 e. The third-order valence-corrected chi connectivity index (χ3v) is 4.41. The lowest BCUT2D eigenvalue weighted by molar-refractivity contribution is 0.336. The van der Waals surface area contributed by atoms with E-state index in [0.29, 0.717) is 19.7 Å². The molecule has 0 atom stereocenters. The molecule has 0 aliphatic rings. The quantitative estimate of drug-likeness (QED) is 0.289. The SMILES string of the molecule is CCOc1cc(C)ccc1CNC(=NC)NCc1ccccc1-n1ccnc1.I. The Bertz CT molecular complexity index is 925. The molecule has 0 unspecified atom stereocenters. The van der Waals surface area contributed by atoms with Gasteiger partial charge in [0, 0.05) is 38.1 Å². The molecule has 0 fully saturated rings. The van der Waals surface area contributed by atoms with Crippen LogP contribution in [0.2, 0.25) is 0 Å². The number of imidazole rings is 1. The van der Waals surface area contributed by atoms with Gasteiger partial charge in [0.05, 0.1) is 18.6 Å². The topological polar surface area (TPSA) is 63.5 Å². The summed E-state index contributed by atoms with van der Waals surface area (Å²) in [6, 6.07) is 14.5. The fourth-order valence-electron chi connectivity index (χ4n) is 2.99. The van der Waals surface area contributed by atoms with Gasteiger partial charge in [-0.2, -0.15) is 0 Å². The number of benzene rings is 2. The van der Waals surface area contributed by atoms with Gasteiger partial charge < -0.3 is 19.9 Å². The van der Waals surface area contributed by atoms with E-state index in [9.17, 15) is 0 Å². The van der Waals surface area contributed by atoms with Crippen LogP contribution in [0.15, 0.2) is 66.2 Å².